The number of amides is 1. The molecule has 0 bridgehead atoms. The van der Waals surface area contributed by atoms with Crippen molar-refractivity contribution in [2.24, 2.45) is 0 Å². The molecule has 3 aliphatic heterocycles. The normalized spacial score (nSPS) is 21.1. The van der Waals surface area contributed by atoms with E-state index in [1.165, 1.54) is 5.56 Å². The Labute approximate surface area is 175 Å². The minimum absolute atomic E-state index is 0.0163. The van der Waals surface area contributed by atoms with E-state index in [1.54, 1.807) is 18.3 Å². The van der Waals surface area contributed by atoms with E-state index in [2.05, 4.69) is 16.0 Å². The molecule has 8 heteroatoms. The van der Waals surface area contributed by atoms with Crippen LogP contribution in [0, 0.1) is 0 Å². The fourth-order valence-electron chi connectivity index (χ4n) is 3.97. The van der Waals surface area contributed by atoms with E-state index < -0.39 is 0 Å². The second-order valence-corrected chi connectivity index (χ2v) is 7.74. The lowest BCUT2D eigenvalue weighted by Gasteiger charge is -2.34. The second-order valence-electron chi connectivity index (χ2n) is 7.74. The maximum absolute atomic E-state index is 13.0. The summed E-state index contributed by atoms with van der Waals surface area (Å²) in [4.78, 5) is 21.4. The van der Waals surface area contributed by atoms with Crippen LogP contribution in [0.25, 0.3) is 0 Å². The summed E-state index contributed by atoms with van der Waals surface area (Å²) < 4.78 is 22.0. The van der Waals surface area contributed by atoms with Crippen LogP contribution in [-0.4, -0.2) is 73.0 Å². The molecule has 0 aliphatic carbocycles. The highest BCUT2D eigenvalue weighted by atomic mass is 16.7. The average Bonchev–Trinajstić information content (AvgIpc) is 3.45. The molecule has 2 aromatic rings. The monoisotopic (exact) mass is 411 g/mol. The van der Waals surface area contributed by atoms with Crippen molar-refractivity contribution >= 4 is 5.91 Å². The molecule has 2 fully saturated rings. The van der Waals surface area contributed by atoms with Crippen LogP contribution < -0.4 is 14.2 Å². The van der Waals surface area contributed by atoms with E-state index in [0.29, 0.717) is 37.7 Å². The molecule has 30 heavy (non-hydrogen) atoms. The summed E-state index contributed by atoms with van der Waals surface area (Å²) in [6.07, 6.45) is 2.50. The molecule has 1 atom stereocenters. The molecular formula is C22H25N3O5. The summed E-state index contributed by atoms with van der Waals surface area (Å²) in [5, 5.41) is 0. The molecule has 2 saturated heterocycles. The molecule has 5 rings (SSSR count). The number of pyridine rings is 1. The molecule has 4 heterocycles. The van der Waals surface area contributed by atoms with Gasteiger partial charge in [0.2, 0.25) is 12.7 Å². The van der Waals surface area contributed by atoms with Gasteiger partial charge in [0.1, 0.15) is 6.10 Å². The minimum Gasteiger partial charge on any atom is -0.472 e. The van der Waals surface area contributed by atoms with Gasteiger partial charge in [-0.3, -0.25) is 9.69 Å². The van der Waals surface area contributed by atoms with E-state index in [9.17, 15) is 4.79 Å². The highest BCUT2D eigenvalue weighted by molar-refractivity contribution is 5.94. The summed E-state index contributed by atoms with van der Waals surface area (Å²) in [5.41, 5.74) is 1.80. The van der Waals surface area contributed by atoms with E-state index in [0.717, 1.165) is 37.6 Å². The van der Waals surface area contributed by atoms with E-state index in [4.69, 9.17) is 18.9 Å². The number of carbonyl (C=O) groups excluding carboxylic acids is 1. The molecule has 0 spiro atoms. The van der Waals surface area contributed by atoms with Crippen molar-refractivity contribution in [3.05, 3.63) is 47.7 Å². The Morgan fingerprint density at radius 1 is 1.10 bits per heavy atom. The highest BCUT2D eigenvalue weighted by Crippen LogP contribution is 2.32. The van der Waals surface area contributed by atoms with Crippen molar-refractivity contribution in [1.82, 2.24) is 14.8 Å². The molecule has 158 valence electrons. The van der Waals surface area contributed by atoms with Crippen molar-refractivity contribution in [3.8, 4) is 17.4 Å². The van der Waals surface area contributed by atoms with Gasteiger partial charge in [-0.2, -0.15) is 0 Å². The summed E-state index contributed by atoms with van der Waals surface area (Å²) in [6.45, 7) is 5.44. The van der Waals surface area contributed by atoms with Gasteiger partial charge in [-0.25, -0.2) is 4.98 Å². The fraction of sp³-hybridized carbons (Fsp3) is 0.455. The van der Waals surface area contributed by atoms with Crippen LogP contribution in [0.5, 0.6) is 17.4 Å². The molecule has 0 N–H and O–H groups in total. The van der Waals surface area contributed by atoms with Crippen molar-refractivity contribution < 1.29 is 23.7 Å². The largest absolute Gasteiger partial charge is 0.472 e. The van der Waals surface area contributed by atoms with Crippen LogP contribution in [-0.2, 0) is 11.3 Å². The number of fused-ring (bicyclic) bond motifs is 1. The SMILES string of the molecule is O=C(c1ccnc(OC2CCOC2)c1)N1CCN(Cc2ccc3c(c2)OCO3)CC1. The van der Waals surface area contributed by atoms with Gasteiger partial charge in [0.15, 0.2) is 11.5 Å². The summed E-state index contributed by atoms with van der Waals surface area (Å²) >= 11 is 0. The van der Waals surface area contributed by atoms with Gasteiger partial charge < -0.3 is 23.8 Å². The van der Waals surface area contributed by atoms with Gasteiger partial charge in [0.25, 0.3) is 5.91 Å². The zero-order valence-corrected chi connectivity index (χ0v) is 16.8. The third-order valence-electron chi connectivity index (χ3n) is 5.66. The van der Waals surface area contributed by atoms with Crippen molar-refractivity contribution in [2.75, 3.05) is 46.2 Å². The Kier molecular flexibility index (Phi) is 5.42. The number of piperazine rings is 1. The van der Waals surface area contributed by atoms with Crippen LogP contribution in [0.15, 0.2) is 36.5 Å². The van der Waals surface area contributed by atoms with E-state index >= 15 is 0 Å². The molecule has 1 aromatic carbocycles. The van der Waals surface area contributed by atoms with Crippen molar-refractivity contribution in [3.63, 3.8) is 0 Å². The fourth-order valence-corrected chi connectivity index (χ4v) is 3.97. The van der Waals surface area contributed by atoms with Crippen molar-refractivity contribution in [2.45, 2.75) is 19.1 Å². The standard InChI is InChI=1S/C22H25N3O5/c26-22(17-3-5-23-21(12-17)30-18-4-10-27-14-18)25-8-6-24(7-9-25)13-16-1-2-19-20(11-16)29-15-28-19/h1-3,5,11-12,18H,4,6-10,13-15H2. The highest BCUT2D eigenvalue weighted by Gasteiger charge is 2.24. The number of aromatic nitrogens is 1. The van der Waals surface area contributed by atoms with Gasteiger partial charge in [0.05, 0.1) is 13.2 Å². The zero-order valence-electron chi connectivity index (χ0n) is 16.8. The molecule has 8 nitrogen and oxygen atoms in total. The van der Waals surface area contributed by atoms with E-state index in [1.807, 2.05) is 17.0 Å². The minimum atomic E-state index is 0.0163. The third kappa shape index (κ3) is 4.20. The number of hydrogen-bond donors (Lipinski definition) is 0. The van der Waals surface area contributed by atoms with Gasteiger partial charge in [-0.1, -0.05) is 6.07 Å². The van der Waals surface area contributed by atoms with Gasteiger partial charge in [-0.05, 0) is 23.8 Å². The Morgan fingerprint density at radius 3 is 2.80 bits per heavy atom. The predicted molar refractivity (Wildman–Crippen MR) is 108 cm³/mol. The predicted octanol–water partition coefficient (Wildman–Crippen LogP) is 1.94. The Balaban J connectivity index is 1.16. The van der Waals surface area contributed by atoms with Crippen LogP contribution in [0.1, 0.15) is 22.3 Å². The number of carbonyl (C=O) groups is 1. The first-order chi connectivity index (χ1) is 14.7. The smallest absolute Gasteiger partial charge is 0.254 e. The van der Waals surface area contributed by atoms with Crippen LogP contribution >= 0.6 is 0 Å². The first-order valence-corrected chi connectivity index (χ1v) is 10.4. The lowest BCUT2D eigenvalue weighted by Crippen LogP contribution is -2.48. The first-order valence-electron chi connectivity index (χ1n) is 10.4. The molecule has 0 saturated carbocycles. The maximum Gasteiger partial charge on any atom is 0.254 e. The van der Waals surface area contributed by atoms with E-state index in [-0.39, 0.29) is 18.8 Å². The molecular weight excluding hydrogens is 386 g/mol. The molecule has 1 unspecified atom stereocenters. The third-order valence-corrected chi connectivity index (χ3v) is 5.66. The van der Waals surface area contributed by atoms with Crippen LogP contribution in [0.4, 0.5) is 0 Å². The summed E-state index contributed by atoms with van der Waals surface area (Å²) in [7, 11) is 0. The number of ether oxygens (including phenoxy) is 4. The Hall–Kier alpha value is -2.84. The first kappa shape index (κ1) is 19.1. The molecule has 3 aliphatic rings. The molecule has 1 amide bonds. The molecule has 1 aromatic heterocycles. The topological polar surface area (TPSA) is 73.4 Å². The summed E-state index contributed by atoms with van der Waals surface area (Å²) in [5.74, 6) is 2.11. The summed E-state index contributed by atoms with van der Waals surface area (Å²) in [6, 6.07) is 9.55. The van der Waals surface area contributed by atoms with Gasteiger partial charge >= 0.3 is 0 Å². The Morgan fingerprint density at radius 2 is 1.97 bits per heavy atom. The van der Waals surface area contributed by atoms with Gasteiger partial charge in [0, 0.05) is 57.0 Å². The second kappa shape index (κ2) is 8.49. The average molecular weight is 411 g/mol. The number of rotatable bonds is 5. The van der Waals surface area contributed by atoms with Crippen molar-refractivity contribution in [1.29, 1.82) is 0 Å². The molecule has 0 radical (unpaired) electrons. The van der Waals surface area contributed by atoms with Gasteiger partial charge in [-0.15, -0.1) is 0 Å². The van der Waals surface area contributed by atoms with Crippen LogP contribution in [0.3, 0.4) is 0 Å². The number of benzene rings is 1. The van der Waals surface area contributed by atoms with Crippen LogP contribution in [0.2, 0.25) is 0 Å². The quantitative estimate of drug-likeness (QED) is 0.744. The number of hydrogen-bond acceptors (Lipinski definition) is 7. The number of nitrogens with zero attached hydrogens (tertiary/aromatic N) is 3. The maximum atomic E-state index is 13.0. The lowest BCUT2D eigenvalue weighted by molar-refractivity contribution is 0.0627. The lowest BCUT2D eigenvalue weighted by atomic mass is 10.1. The zero-order chi connectivity index (χ0) is 20.3. The Bertz CT molecular complexity index is 907.